The fraction of sp³-hybridized carbons (Fsp3) is 0.200. The van der Waals surface area contributed by atoms with E-state index < -0.39 is 12.4 Å². The molecular weight excluding hydrogens is 373 g/mol. The number of carbonyl (C=O) groups excluding carboxylic acids is 2. The van der Waals surface area contributed by atoms with E-state index >= 15 is 0 Å². The van der Waals surface area contributed by atoms with E-state index in [0.29, 0.717) is 11.3 Å². The van der Waals surface area contributed by atoms with Gasteiger partial charge in [-0.3, -0.25) is 9.59 Å². The molecule has 0 aromatic heterocycles. The van der Waals surface area contributed by atoms with Crippen molar-refractivity contribution in [3.8, 4) is 5.75 Å². The molecule has 2 rings (SSSR count). The second-order valence-corrected chi connectivity index (χ2v) is 5.98. The summed E-state index contributed by atoms with van der Waals surface area (Å²) < 4.78 is 40.3. The highest BCUT2D eigenvalue weighted by molar-refractivity contribution is 5.92. The first-order valence-electron chi connectivity index (χ1n) is 8.34. The fourth-order valence-electron chi connectivity index (χ4n) is 2.36. The van der Waals surface area contributed by atoms with E-state index in [1.54, 1.807) is 37.3 Å². The lowest BCUT2D eigenvalue weighted by atomic mass is 10.1. The Hall–Kier alpha value is -3.29. The number of benzene rings is 2. The van der Waals surface area contributed by atoms with E-state index in [9.17, 15) is 22.8 Å². The van der Waals surface area contributed by atoms with E-state index in [-0.39, 0.29) is 17.6 Å². The van der Waals surface area contributed by atoms with Gasteiger partial charge in [0.15, 0.2) is 0 Å². The molecule has 2 amide bonds. The van der Waals surface area contributed by atoms with Gasteiger partial charge in [0, 0.05) is 18.7 Å². The quantitative estimate of drug-likeness (QED) is 0.715. The zero-order valence-corrected chi connectivity index (χ0v) is 15.2. The van der Waals surface area contributed by atoms with Crippen LogP contribution in [0.4, 0.5) is 18.9 Å². The van der Waals surface area contributed by atoms with E-state index in [0.717, 1.165) is 5.56 Å². The van der Waals surface area contributed by atoms with Gasteiger partial charge in [0.25, 0.3) is 0 Å². The fourth-order valence-corrected chi connectivity index (χ4v) is 2.36. The Morgan fingerprint density at radius 2 is 1.64 bits per heavy atom. The van der Waals surface area contributed by atoms with Crippen molar-refractivity contribution in [2.45, 2.75) is 26.3 Å². The minimum Gasteiger partial charge on any atom is -0.406 e. The molecule has 0 saturated carbocycles. The summed E-state index contributed by atoms with van der Waals surface area (Å²) in [4.78, 5) is 23.0. The third-order valence-electron chi connectivity index (χ3n) is 3.63. The zero-order chi connectivity index (χ0) is 20.7. The summed E-state index contributed by atoms with van der Waals surface area (Å²) in [6.45, 7) is 3.13. The lowest BCUT2D eigenvalue weighted by Crippen LogP contribution is -2.24. The molecule has 2 N–H and O–H groups in total. The van der Waals surface area contributed by atoms with Crippen LogP contribution in [0, 0.1) is 0 Å². The Kier molecular flexibility index (Phi) is 6.81. The van der Waals surface area contributed by atoms with Gasteiger partial charge >= 0.3 is 6.36 Å². The van der Waals surface area contributed by atoms with Crippen molar-refractivity contribution in [2.75, 3.05) is 5.32 Å². The van der Waals surface area contributed by atoms with Gasteiger partial charge in [-0.15, -0.1) is 13.2 Å². The first-order chi connectivity index (χ1) is 13.1. The molecule has 8 heteroatoms. The summed E-state index contributed by atoms with van der Waals surface area (Å²) in [5.41, 5.74) is 2.06. The number of amides is 2. The lowest BCUT2D eigenvalue weighted by molar-refractivity contribution is -0.274. The number of ether oxygens (including phenoxy) is 1. The third kappa shape index (κ3) is 7.14. The summed E-state index contributed by atoms with van der Waals surface area (Å²) in [6, 6.07) is 11.8. The number of halogens is 3. The molecule has 0 aliphatic carbocycles. The highest BCUT2D eigenvalue weighted by atomic mass is 19.4. The molecule has 0 fully saturated rings. The minimum absolute atomic E-state index is 0.172. The molecule has 148 valence electrons. The molecule has 1 unspecified atom stereocenters. The Bertz CT molecular complexity index is 844. The predicted molar refractivity (Wildman–Crippen MR) is 99.5 cm³/mol. The Balaban J connectivity index is 1.91. The molecule has 0 saturated heterocycles. The molecule has 5 nitrogen and oxygen atoms in total. The second kappa shape index (κ2) is 9.07. The van der Waals surface area contributed by atoms with Crippen molar-refractivity contribution < 1.29 is 27.5 Å². The van der Waals surface area contributed by atoms with Crippen LogP contribution >= 0.6 is 0 Å². The van der Waals surface area contributed by atoms with Crippen LogP contribution in [0.25, 0.3) is 6.08 Å². The average molecular weight is 392 g/mol. The SMILES string of the molecule is CC(=O)Nc1ccc(/C=C/C(=O)NC(C)c2ccc(OC(F)(F)F)cc2)cc1. The van der Waals surface area contributed by atoms with Crippen molar-refractivity contribution in [2.24, 2.45) is 0 Å². The molecular formula is C20H19F3N2O3. The Morgan fingerprint density at radius 3 is 2.18 bits per heavy atom. The van der Waals surface area contributed by atoms with Crippen LogP contribution in [-0.4, -0.2) is 18.2 Å². The molecule has 0 radical (unpaired) electrons. The van der Waals surface area contributed by atoms with E-state index in [1.807, 2.05) is 0 Å². The number of rotatable bonds is 6. The summed E-state index contributed by atoms with van der Waals surface area (Å²) in [6.07, 6.45) is -1.78. The van der Waals surface area contributed by atoms with Gasteiger partial charge in [-0.05, 0) is 48.4 Å². The van der Waals surface area contributed by atoms with Gasteiger partial charge < -0.3 is 15.4 Å². The monoisotopic (exact) mass is 392 g/mol. The maximum Gasteiger partial charge on any atom is 0.573 e. The van der Waals surface area contributed by atoms with E-state index in [2.05, 4.69) is 15.4 Å². The second-order valence-electron chi connectivity index (χ2n) is 5.98. The Morgan fingerprint density at radius 1 is 1.04 bits per heavy atom. The maximum absolute atomic E-state index is 12.2. The smallest absolute Gasteiger partial charge is 0.406 e. The van der Waals surface area contributed by atoms with Crippen LogP contribution in [0.5, 0.6) is 5.75 Å². The van der Waals surface area contributed by atoms with Gasteiger partial charge in [0.1, 0.15) is 5.75 Å². The number of hydrogen-bond acceptors (Lipinski definition) is 3. The summed E-state index contributed by atoms with van der Waals surface area (Å²) in [5.74, 6) is -0.846. The van der Waals surface area contributed by atoms with Gasteiger partial charge in [0.05, 0.1) is 6.04 Å². The van der Waals surface area contributed by atoms with Gasteiger partial charge in [-0.1, -0.05) is 24.3 Å². The van der Waals surface area contributed by atoms with Crippen LogP contribution in [0.15, 0.2) is 54.6 Å². The van der Waals surface area contributed by atoms with Crippen LogP contribution in [0.3, 0.4) is 0 Å². The minimum atomic E-state index is -4.74. The van der Waals surface area contributed by atoms with Crippen molar-refractivity contribution >= 4 is 23.6 Å². The first-order valence-corrected chi connectivity index (χ1v) is 8.34. The summed E-state index contributed by atoms with van der Waals surface area (Å²) in [5, 5.41) is 5.37. The van der Waals surface area contributed by atoms with Crippen LogP contribution in [-0.2, 0) is 9.59 Å². The summed E-state index contributed by atoms with van der Waals surface area (Å²) in [7, 11) is 0. The molecule has 2 aromatic rings. The molecule has 28 heavy (non-hydrogen) atoms. The number of alkyl halides is 3. The lowest BCUT2D eigenvalue weighted by Gasteiger charge is -2.14. The molecule has 0 spiro atoms. The zero-order valence-electron chi connectivity index (χ0n) is 15.2. The largest absolute Gasteiger partial charge is 0.573 e. The molecule has 0 aliphatic heterocycles. The molecule has 0 aliphatic rings. The van der Waals surface area contributed by atoms with E-state index in [4.69, 9.17) is 0 Å². The topological polar surface area (TPSA) is 67.4 Å². The standard InChI is InChI=1S/C20H19F3N2O3/c1-13(16-6-10-18(11-7-16)28-20(21,22)23)24-19(27)12-5-15-3-8-17(9-4-15)25-14(2)26/h3-13H,1-2H3,(H,24,27)(H,25,26)/b12-5+. The first kappa shape index (κ1) is 21.0. The van der Waals surface area contributed by atoms with Crippen LogP contribution in [0.1, 0.15) is 31.0 Å². The summed E-state index contributed by atoms with van der Waals surface area (Å²) >= 11 is 0. The number of nitrogens with one attached hydrogen (secondary N) is 2. The number of carbonyl (C=O) groups is 2. The highest BCUT2D eigenvalue weighted by Gasteiger charge is 2.31. The average Bonchev–Trinajstić information content (AvgIpc) is 2.60. The van der Waals surface area contributed by atoms with Crippen molar-refractivity contribution in [3.63, 3.8) is 0 Å². The van der Waals surface area contributed by atoms with Crippen molar-refractivity contribution in [3.05, 3.63) is 65.7 Å². The maximum atomic E-state index is 12.2. The van der Waals surface area contributed by atoms with Gasteiger partial charge in [-0.25, -0.2) is 0 Å². The molecule has 0 heterocycles. The van der Waals surface area contributed by atoms with Crippen molar-refractivity contribution in [1.29, 1.82) is 0 Å². The number of anilines is 1. The molecule has 2 aromatic carbocycles. The molecule has 1 atom stereocenters. The van der Waals surface area contributed by atoms with Crippen LogP contribution < -0.4 is 15.4 Å². The number of hydrogen-bond donors (Lipinski definition) is 2. The van der Waals surface area contributed by atoms with Gasteiger partial charge in [0.2, 0.25) is 11.8 Å². The van der Waals surface area contributed by atoms with Crippen LogP contribution in [0.2, 0.25) is 0 Å². The third-order valence-corrected chi connectivity index (χ3v) is 3.63. The normalized spacial score (nSPS) is 12.5. The molecule has 0 bridgehead atoms. The van der Waals surface area contributed by atoms with Crippen molar-refractivity contribution in [1.82, 2.24) is 5.32 Å². The predicted octanol–water partition coefficient (Wildman–Crippen LogP) is 4.43. The highest BCUT2D eigenvalue weighted by Crippen LogP contribution is 2.24. The van der Waals surface area contributed by atoms with E-state index in [1.165, 1.54) is 37.3 Å². The van der Waals surface area contributed by atoms with Gasteiger partial charge in [-0.2, -0.15) is 0 Å². The Labute approximate surface area is 160 Å².